The number of para-hydroxylation sites is 1. The van der Waals surface area contributed by atoms with E-state index in [0.717, 1.165) is 28.0 Å². The second-order valence-electron chi connectivity index (χ2n) is 4.43. The lowest BCUT2D eigenvalue weighted by Gasteiger charge is -2.02. The Kier molecular flexibility index (Phi) is 3.25. The first-order valence-electron chi connectivity index (χ1n) is 6.38. The highest BCUT2D eigenvalue weighted by Crippen LogP contribution is 2.26. The van der Waals surface area contributed by atoms with Gasteiger partial charge in [0, 0.05) is 41.9 Å². The van der Waals surface area contributed by atoms with E-state index in [2.05, 4.69) is 21.0 Å². The van der Waals surface area contributed by atoms with Gasteiger partial charge in [-0.25, -0.2) is 9.97 Å². The normalized spacial score (nSPS) is 11.0. The summed E-state index contributed by atoms with van der Waals surface area (Å²) in [6.07, 6.45) is 5.14. The zero-order chi connectivity index (χ0) is 13.1. The Morgan fingerprint density at radius 3 is 2.95 bits per heavy atom. The van der Waals surface area contributed by atoms with E-state index < -0.39 is 0 Å². The molecule has 4 heteroatoms. The zero-order valence-corrected chi connectivity index (χ0v) is 10.5. The average molecular weight is 253 g/mol. The molecule has 3 aromatic rings. The lowest BCUT2D eigenvalue weighted by atomic mass is 10.1. The number of fused-ring (bicyclic) bond motifs is 1. The molecule has 0 unspecified atom stereocenters. The van der Waals surface area contributed by atoms with Crippen LogP contribution in [0.2, 0.25) is 0 Å². The van der Waals surface area contributed by atoms with Crippen molar-refractivity contribution in [3.63, 3.8) is 0 Å². The van der Waals surface area contributed by atoms with Crippen LogP contribution in [0, 0.1) is 0 Å². The number of aliphatic hydroxyl groups is 1. The molecule has 96 valence electrons. The molecule has 0 aliphatic heterocycles. The van der Waals surface area contributed by atoms with Gasteiger partial charge in [-0.2, -0.15) is 0 Å². The van der Waals surface area contributed by atoms with E-state index in [-0.39, 0.29) is 6.61 Å². The van der Waals surface area contributed by atoms with Crippen LogP contribution in [0.5, 0.6) is 0 Å². The van der Waals surface area contributed by atoms with Gasteiger partial charge in [0.05, 0.1) is 5.69 Å². The van der Waals surface area contributed by atoms with Crippen LogP contribution in [0.4, 0.5) is 0 Å². The molecule has 3 rings (SSSR count). The predicted octanol–water partition coefficient (Wildman–Crippen LogP) is 2.55. The molecule has 0 atom stereocenters. The fourth-order valence-electron chi connectivity index (χ4n) is 2.19. The van der Waals surface area contributed by atoms with Gasteiger partial charge in [-0.3, -0.25) is 0 Å². The third-order valence-electron chi connectivity index (χ3n) is 3.13. The Morgan fingerprint density at radius 2 is 2.05 bits per heavy atom. The largest absolute Gasteiger partial charge is 0.396 e. The summed E-state index contributed by atoms with van der Waals surface area (Å²) < 4.78 is 0. The SMILES string of the molecule is OCCCc1nccc(-c2c[nH]c3ccccc23)n1. The Bertz CT molecular complexity index is 690. The summed E-state index contributed by atoms with van der Waals surface area (Å²) in [4.78, 5) is 12.0. The van der Waals surface area contributed by atoms with E-state index in [1.807, 2.05) is 30.5 Å². The topological polar surface area (TPSA) is 61.8 Å². The number of aromatic nitrogens is 3. The highest BCUT2D eigenvalue weighted by molar-refractivity contribution is 5.94. The van der Waals surface area contributed by atoms with Gasteiger partial charge in [-0.1, -0.05) is 18.2 Å². The van der Waals surface area contributed by atoms with Gasteiger partial charge in [-0.05, 0) is 18.6 Å². The maximum atomic E-state index is 8.86. The van der Waals surface area contributed by atoms with Crippen LogP contribution in [-0.4, -0.2) is 26.7 Å². The standard InChI is InChI=1S/C15H15N3O/c19-9-3-6-15-16-8-7-14(18-15)12-10-17-13-5-2-1-4-11(12)13/h1-2,4-5,7-8,10,17,19H,3,6,9H2. The first-order chi connectivity index (χ1) is 9.38. The van der Waals surface area contributed by atoms with Crippen molar-refractivity contribution in [1.82, 2.24) is 15.0 Å². The van der Waals surface area contributed by atoms with Crippen LogP contribution in [0.25, 0.3) is 22.2 Å². The highest BCUT2D eigenvalue weighted by atomic mass is 16.2. The molecule has 1 aromatic carbocycles. The molecule has 2 N–H and O–H groups in total. The van der Waals surface area contributed by atoms with Gasteiger partial charge in [0.25, 0.3) is 0 Å². The third kappa shape index (κ3) is 2.35. The summed E-state index contributed by atoms with van der Waals surface area (Å²) in [6, 6.07) is 10.1. The fourth-order valence-corrected chi connectivity index (χ4v) is 2.19. The molecule has 0 amide bonds. The van der Waals surface area contributed by atoms with Crippen molar-refractivity contribution in [2.24, 2.45) is 0 Å². The van der Waals surface area contributed by atoms with Gasteiger partial charge in [-0.15, -0.1) is 0 Å². The number of rotatable bonds is 4. The number of aryl methyl sites for hydroxylation is 1. The van der Waals surface area contributed by atoms with Crippen molar-refractivity contribution in [3.05, 3.63) is 48.5 Å². The van der Waals surface area contributed by atoms with Gasteiger partial charge < -0.3 is 10.1 Å². The van der Waals surface area contributed by atoms with Crippen molar-refractivity contribution in [1.29, 1.82) is 0 Å². The first kappa shape index (κ1) is 11.9. The molecule has 0 aliphatic rings. The minimum Gasteiger partial charge on any atom is -0.396 e. The van der Waals surface area contributed by atoms with Crippen LogP contribution in [0.3, 0.4) is 0 Å². The van der Waals surface area contributed by atoms with Crippen molar-refractivity contribution in [2.45, 2.75) is 12.8 Å². The molecule has 0 aliphatic carbocycles. The number of nitrogens with zero attached hydrogens (tertiary/aromatic N) is 2. The Morgan fingerprint density at radius 1 is 1.16 bits per heavy atom. The van der Waals surface area contributed by atoms with Crippen LogP contribution in [-0.2, 0) is 6.42 Å². The first-order valence-corrected chi connectivity index (χ1v) is 6.38. The van der Waals surface area contributed by atoms with Gasteiger partial charge >= 0.3 is 0 Å². The summed E-state index contributed by atoms with van der Waals surface area (Å²) in [6.45, 7) is 0.167. The second-order valence-corrected chi connectivity index (χ2v) is 4.43. The summed E-state index contributed by atoms with van der Waals surface area (Å²) >= 11 is 0. The third-order valence-corrected chi connectivity index (χ3v) is 3.13. The molecular weight excluding hydrogens is 238 g/mol. The smallest absolute Gasteiger partial charge is 0.129 e. The molecule has 0 spiro atoms. The Hall–Kier alpha value is -2.20. The lowest BCUT2D eigenvalue weighted by molar-refractivity contribution is 0.287. The molecule has 4 nitrogen and oxygen atoms in total. The fraction of sp³-hybridized carbons (Fsp3) is 0.200. The molecule has 2 aromatic heterocycles. The minimum absolute atomic E-state index is 0.167. The quantitative estimate of drug-likeness (QED) is 0.751. The van der Waals surface area contributed by atoms with Crippen LogP contribution >= 0.6 is 0 Å². The van der Waals surface area contributed by atoms with Gasteiger partial charge in [0.1, 0.15) is 5.82 Å². The summed E-state index contributed by atoms with van der Waals surface area (Å²) in [5.74, 6) is 0.775. The molecule has 2 heterocycles. The van der Waals surface area contributed by atoms with E-state index in [1.54, 1.807) is 6.20 Å². The van der Waals surface area contributed by atoms with Crippen molar-refractivity contribution < 1.29 is 5.11 Å². The number of aliphatic hydroxyl groups excluding tert-OH is 1. The maximum Gasteiger partial charge on any atom is 0.129 e. The molecule has 0 saturated carbocycles. The summed E-state index contributed by atoms with van der Waals surface area (Å²) in [7, 11) is 0. The Balaban J connectivity index is 2.01. The molecular formula is C15H15N3O. The Labute approximate surface area is 111 Å². The molecule has 0 bridgehead atoms. The zero-order valence-electron chi connectivity index (χ0n) is 10.5. The predicted molar refractivity (Wildman–Crippen MR) is 74.7 cm³/mol. The molecule has 19 heavy (non-hydrogen) atoms. The second kappa shape index (κ2) is 5.20. The number of hydrogen-bond donors (Lipinski definition) is 2. The molecule has 0 fully saturated rings. The lowest BCUT2D eigenvalue weighted by Crippen LogP contribution is -1.97. The van der Waals surface area contributed by atoms with E-state index in [9.17, 15) is 0 Å². The number of nitrogens with one attached hydrogen (secondary N) is 1. The van der Waals surface area contributed by atoms with Crippen molar-refractivity contribution in [3.8, 4) is 11.3 Å². The number of aromatic amines is 1. The average Bonchev–Trinajstić information content (AvgIpc) is 2.89. The number of H-pyrrole nitrogens is 1. The van der Waals surface area contributed by atoms with Crippen LogP contribution < -0.4 is 0 Å². The minimum atomic E-state index is 0.167. The molecule has 0 saturated heterocycles. The van der Waals surface area contributed by atoms with Crippen LogP contribution in [0.1, 0.15) is 12.2 Å². The van der Waals surface area contributed by atoms with Crippen molar-refractivity contribution >= 4 is 10.9 Å². The summed E-state index contributed by atoms with van der Waals surface area (Å²) in [5, 5.41) is 10.0. The van der Waals surface area contributed by atoms with E-state index in [1.165, 1.54) is 0 Å². The maximum absolute atomic E-state index is 8.86. The monoisotopic (exact) mass is 253 g/mol. The van der Waals surface area contributed by atoms with E-state index in [0.29, 0.717) is 12.8 Å². The highest BCUT2D eigenvalue weighted by Gasteiger charge is 2.07. The van der Waals surface area contributed by atoms with E-state index in [4.69, 9.17) is 5.11 Å². The number of hydrogen-bond acceptors (Lipinski definition) is 3. The summed E-state index contributed by atoms with van der Waals surface area (Å²) in [5.41, 5.74) is 3.11. The van der Waals surface area contributed by atoms with Gasteiger partial charge in [0.15, 0.2) is 0 Å². The molecule has 0 radical (unpaired) electrons. The van der Waals surface area contributed by atoms with Crippen LogP contribution in [0.15, 0.2) is 42.7 Å². The van der Waals surface area contributed by atoms with Gasteiger partial charge in [0.2, 0.25) is 0 Å². The van der Waals surface area contributed by atoms with E-state index >= 15 is 0 Å². The van der Waals surface area contributed by atoms with Crippen molar-refractivity contribution in [2.75, 3.05) is 6.61 Å². The number of benzene rings is 1.